The minimum absolute atomic E-state index is 0.652. The van der Waals surface area contributed by atoms with Gasteiger partial charge < -0.3 is 0 Å². The number of thiazole rings is 1. The summed E-state index contributed by atoms with van der Waals surface area (Å²) in [5.41, 5.74) is 1.11. The molecule has 1 aliphatic rings. The van der Waals surface area contributed by atoms with Gasteiger partial charge in [-0.1, -0.05) is 18.5 Å². The van der Waals surface area contributed by atoms with Crippen LogP contribution in [-0.2, 0) is 6.54 Å². The molecule has 0 radical (unpaired) electrons. The molecule has 2 nitrogen and oxygen atoms in total. The lowest BCUT2D eigenvalue weighted by Crippen LogP contribution is -2.36. The van der Waals surface area contributed by atoms with Crippen molar-refractivity contribution in [3.63, 3.8) is 0 Å². The Kier molecular flexibility index (Phi) is 3.71. The SMILES string of the molecule is CC1CN(Cc2csc(Cl)n2)CCS1. The van der Waals surface area contributed by atoms with Gasteiger partial charge >= 0.3 is 0 Å². The van der Waals surface area contributed by atoms with E-state index in [9.17, 15) is 0 Å². The largest absolute Gasteiger partial charge is 0.296 e. The topological polar surface area (TPSA) is 16.1 Å². The van der Waals surface area contributed by atoms with E-state index in [1.54, 1.807) is 0 Å². The molecule has 1 aromatic heterocycles. The molecule has 14 heavy (non-hydrogen) atoms. The lowest BCUT2D eigenvalue weighted by molar-refractivity contribution is 0.276. The summed E-state index contributed by atoms with van der Waals surface area (Å²) in [6.45, 7) is 5.57. The molecule has 5 heteroatoms. The van der Waals surface area contributed by atoms with Gasteiger partial charge in [0.1, 0.15) is 0 Å². The molecule has 2 heterocycles. The van der Waals surface area contributed by atoms with E-state index in [-0.39, 0.29) is 0 Å². The molecule has 0 N–H and O–H groups in total. The Bertz CT molecular complexity index is 303. The molecule has 0 bridgehead atoms. The van der Waals surface area contributed by atoms with E-state index in [1.165, 1.54) is 30.2 Å². The lowest BCUT2D eigenvalue weighted by Gasteiger charge is -2.29. The average molecular weight is 249 g/mol. The van der Waals surface area contributed by atoms with Crippen molar-refractivity contribution in [2.45, 2.75) is 18.7 Å². The van der Waals surface area contributed by atoms with E-state index < -0.39 is 0 Å². The minimum Gasteiger partial charge on any atom is -0.296 e. The first-order chi connectivity index (χ1) is 6.74. The van der Waals surface area contributed by atoms with Gasteiger partial charge in [0, 0.05) is 36.0 Å². The number of halogens is 1. The van der Waals surface area contributed by atoms with E-state index in [0.717, 1.165) is 17.5 Å². The van der Waals surface area contributed by atoms with Crippen LogP contribution in [-0.4, -0.2) is 34.0 Å². The smallest absolute Gasteiger partial charge is 0.183 e. The molecule has 0 amide bonds. The quantitative estimate of drug-likeness (QED) is 0.801. The second-order valence-electron chi connectivity index (χ2n) is 3.51. The molecule has 0 aliphatic carbocycles. The fraction of sp³-hybridized carbons (Fsp3) is 0.667. The van der Waals surface area contributed by atoms with Crippen molar-refractivity contribution >= 4 is 34.7 Å². The van der Waals surface area contributed by atoms with Crippen LogP contribution in [0, 0.1) is 0 Å². The third kappa shape index (κ3) is 2.86. The van der Waals surface area contributed by atoms with E-state index in [0.29, 0.717) is 4.47 Å². The summed E-state index contributed by atoms with van der Waals surface area (Å²) in [7, 11) is 0. The van der Waals surface area contributed by atoms with Crippen LogP contribution in [0.4, 0.5) is 0 Å². The summed E-state index contributed by atoms with van der Waals surface area (Å²) in [5.74, 6) is 1.24. The highest BCUT2D eigenvalue weighted by Crippen LogP contribution is 2.21. The number of aromatic nitrogens is 1. The maximum absolute atomic E-state index is 5.79. The highest BCUT2D eigenvalue weighted by molar-refractivity contribution is 7.99. The monoisotopic (exact) mass is 248 g/mol. The van der Waals surface area contributed by atoms with Crippen molar-refractivity contribution < 1.29 is 0 Å². The van der Waals surface area contributed by atoms with Crippen molar-refractivity contribution in [1.82, 2.24) is 9.88 Å². The van der Waals surface area contributed by atoms with Gasteiger partial charge in [0.25, 0.3) is 0 Å². The second kappa shape index (κ2) is 4.84. The number of hydrogen-bond acceptors (Lipinski definition) is 4. The van der Waals surface area contributed by atoms with Crippen LogP contribution >= 0.6 is 34.7 Å². The van der Waals surface area contributed by atoms with Crippen molar-refractivity contribution in [1.29, 1.82) is 0 Å². The zero-order valence-corrected chi connectivity index (χ0v) is 10.5. The van der Waals surface area contributed by atoms with Gasteiger partial charge in [0.2, 0.25) is 0 Å². The average Bonchev–Trinajstić information content (AvgIpc) is 2.51. The van der Waals surface area contributed by atoms with Crippen molar-refractivity contribution in [3.8, 4) is 0 Å². The summed E-state index contributed by atoms with van der Waals surface area (Å²) in [6, 6.07) is 0. The summed E-state index contributed by atoms with van der Waals surface area (Å²) >= 11 is 9.36. The summed E-state index contributed by atoms with van der Waals surface area (Å²) in [5, 5.41) is 2.80. The zero-order chi connectivity index (χ0) is 9.97. The van der Waals surface area contributed by atoms with Crippen LogP contribution in [0.25, 0.3) is 0 Å². The van der Waals surface area contributed by atoms with Crippen LogP contribution in [0.15, 0.2) is 5.38 Å². The van der Waals surface area contributed by atoms with Gasteiger partial charge in [-0.15, -0.1) is 11.3 Å². The van der Waals surface area contributed by atoms with E-state index in [1.807, 2.05) is 0 Å². The molecule has 0 spiro atoms. The highest BCUT2D eigenvalue weighted by atomic mass is 35.5. The molecule has 0 saturated carbocycles. The molecular weight excluding hydrogens is 236 g/mol. The van der Waals surface area contributed by atoms with Gasteiger partial charge in [-0.3, -0.25) is 4.90 Å². The van der Waals surface area contributed by atoms with Gasteiger partial charge in [0.15, 0.2) is 4.47 Å². The highest BCUT2D eigenvalue weighted by Gasteiger charge is 2.17. The summed E-state index contributed by atoms with van der Waals surface area (Å²) in [4.78, 5) is 6.72. The normalized spacial score (nSPS) is 24.0. The predicted octanol–water partition coefficient (Wildman–Crippen LogP) is 2.73. The van der Waals surface area contributed by atoms with Crippen molar-refractivity contribution in [2.24, 2.45) is 0 Å². The second-order valence-corrected chi connectivity index (χ2v) is 6.49. The first kappa shape index (κ1) is 10.7. The van der Waals surface area contributed by atoms with E-state index >= 15 is 0 Å². The van der Waals surface area contributed by atoms with Crippen LogP contribution in [0.1, 0.15) is 12.6 Å². The number of thioether (sulfide) groups is 1. The Labute approximate surface area is 97.7 Å². The van der Waals surface area contributed by atoms with E-state index in [2.05, 4.69) is 33.9 Å². The third-order valence-corrected chi connectivity index (χ3v) is 4.40. The molecule has 1 atom stereocenters. The van der Waals surface area contributed by atoms with E-state index in [4.69, 9.17) is 11.6 Å². The molecule has 1 aliphatic heterocycles. The summed E-state index contributed by atoms with van der Waals surface area (Å²) < 4.78 is 0.652. The maximum atomic E-state index is 5.79. The van der Waals surface area contributed by atoms with Gasteiger partial charge in [-0.25, -0.2) is 4.98 Å². The molecule has 0 aromatic carbocycles. The fourth-order valence-corrected chi connectivity index (χ4v) is 3.47. The number of hydrogen-bond donors (Lipinski definition) is 0. The maximum Gasteiger partial charge on any atom is 0.183 e. The minimum atomic E-state index is 0.652. The molecule has 1 unspecified atom stereocenters. The Morgan fingerprint density at radius 2 is 2.57 bits per heavy atom. The van der Waals surface area contributed by atoms with Crippen LogP contribution < -0.4 is 0 Å². The molecule has 1 fully saturated rings. The van der Waals surface area contributed by atoms with Crippen molar-refractivity contribution in [2.75, 3.05) is 18.8 Å². The lowest BCUT2D eigenvalue weighted by atomic mass is 10.3. The zero-order valence-electron chi connectivity index (χ0n) is 8.07. The van der Waals surface area contributed by atoms with Gasteiger partial charge in [0.05, 0.1) is 5.69 Å². The van der Waals surface area contributed by atoms with Crippen LogP contribution in [0.2, 0.25) is 4.47 Å². The molecule has 1 aromatic rings. The fourth-order valence-electron chi connectivity index (χ4n) is 1.62. The predicted molar refractivity (Wildman–Crippen MR) is 64.3 cm³/mol. The Morgan fingerprint density at radius 1 is 1.71 bits per heavy atom. The molecular formula is C9H13ClN2S2. The Balaban J connectivity index is 1.90. The molecule has 78 valence electrons. The summed E-state index contributed by atoms with van der Waals surface area (Å²) in [6.07, 6.45) is 0. The first-order valence-corrected chi connectivity index (χ1v) is 6.98. The van der Waals surface area contributed by atoms with Crippen LogP contribution in [0.3, 0.4) is 0 Å². The van der Waals surface area contributed by atoms with Crippen molar-refractivity contribution in [3.05, 3.63) is 15.5 Å². The number of rotatable bonds is 2. The Morgan fingerprint density at radius 3 is 3.21 bits per heavy atom. The molecule has 2 rings (SSSR count). The number of nitrogens with zero attached hydrogens (tertiary/aromatic N) is 2. The first-order valence-electron chi connectivity index (χ1n) is 4.68. The molecule has 1 saturated heterocycles. The Hall–Kier alpha value is 0.230. The van der Waals surface area contributed by atoms with Gasteiger partial charge in [-0.2, -0.15) is 11.8 Å². The van der Waals surface area contributed by atoms with Crippen LogP contribution in [0.5, 0.6) is 0 Å². The van der Waals surface area contributed by atoms with Gasteiger partial charge in [-0.05, 0) is 0 Å². The standard InChI is InChI=1S/C9H13ClN2S2/c1-7-4-12(2-3-13-7)5-8-6-14-9(10)11-8/h6-7H,2-5H2,1H3. The third-order valence-electron chi connectivity index (χ3n) is 2.23.